The minimum atomic E-state index is -0.190. The lowest BCUT2D eigenvalue weighted by atomic mass is 10.2. The van der Waals surface area contributed by atoms with Gasteiger partial charge in [-0.3, -0.25) is 4.79 Å². The maximum absolute atomic E-state index is 11.9. The van der Waals surface area contributed by atoms with Gasteiger partial charge in [-0.05, 0) is 25.5 Å². The average Bonchev–Trinajstić information content (AvgIpc) is 2.46. The minimum Gasteiger partial charge on any atom is -0.473 e. The summed E-state index contributed by atoms with van der Waals surface area (Å²) in [5.41, 5.74) is 1.43. The van der Waals surface area contributed by atoms with E-state index in [0.29, 0.717) is 18.2 Å². The molecular formula is C16H18N2O2. The Bertz CT molecular complexity index is 568. The Kier molecular flexibility index (Phi) is 4.71. The van der Waals surface area contributed by atoms with Gasteiger partial charge in [0.1, 0.15) is 12.3 Å². The molecular weight excluding hydrogens is 252 g/mol. The van der Waals surface area contributed by atoms with Crippen LogP contribution in [0.25, 0.3) is 0 Å². The lowest BCUT2D eigenvalue weighted by Crippen LogP contribution is -2.30. The third-order valence-corrected chi connectivity index (χ3v) is 2.61. The van der Waals surface area contributed by atoms with Crippen LogP contribution in [-0.2, 0) is 6.61 Å². The molecule has 1 aromatic carbocycles. The number of benzene rings is 1. The van der Waals surface area contributed by atoms with Crippen LogP contribution in [0.3, 0.4) is 0 Å². The van der Waals surface area contributed by atoms with Crippen LogP contribution in [0.2, 0.25) is 0 Å². The first-order valence-electron chi connectivity index (χ1n) is 6.60. The molecule has 0 bridgehead atoms. The van der Waals surface area contributed by atoms with Crippen molar-refractivity contribution in [3.8, 4) is 5.88 Å². The lowest BCUT2D eigenvalue weighted by Gasteiger charge is -2.09. The van der Waals surface area contributed by atoms with E-state index in [1.807, 2.05) is 44.2 Å². The van der Waals surface area contributed by atoms with Gasteiger partial charge in [0.25, 0.3) is 5.91 Å². The first-order chi connectivity index (χ1) is 9.65. The van der Waals surface area contributed by atoms with Gasteiger partial charge in [-0.25, -0.2) is 4.98 Å². The third-order valence-electron chi connectivity index (χ3n) is 2.61. The number of pyridine rings is 1. The number of hydrogen-bond acceptors (Lipinski definition) is 3. The second kappa shape index (κ2) is 6.70. The topological polar surface area (TPSA) is 51.2 Å². The zero-order valence-corrected chi connectivity index (χ0v) is 11.7. The molecule has 1 heterocycles. The second-order valence-corrected chi connectivity index (χ2v) is 4.76. The van der Waals surface area contributed by atoms with Crippen LogP contribution in [0.4, 0.5) is 0 Å². The Labute approximate surface area is 118 Å². The van der Waals surface area contributed by atoms with Gasteiger partial charge < -0.3 is 10.1 Å². The van der Waals surface area contributed by atoms with E-state index in [1.165, 1.54) is 0 Å². The smallest absolute Gasteiger partial charge is 0.270 e. The van der Waals surface area contributed by atoms with Crippen molar-refractivity contribution in [1.82, 2.24) is 10.3 Å². The molecule has 0 atom stereocenters. The van der Waals surface area contributed by atoms with Crippen LogP contribution in [0.5, 0.6) is 5.88 Å². The van der Waals surface area contributed by atoms with Crippen LogP contribution in [0.15, 0.2) is 48.5 Å². The van der Waals surface area contributed by atoms with E-state index in [2.05, 4.69) is 10.3 Å². The van der Waals surface area contributed by atoms with Crippen molar-refractivity contribution in [2.45, 2.75) is 26.5 Å². The Hall–Kier alpha value is -2.36. The minimum absolute atomic E-state index is 0.0817. The van der Waals surface area contributed by atoms with Gasteiger partial charge >= 0.3 is 0 Å². The van der Waals surface area contributed by atoms with E-state index in [1.54, 1.807) is 18.2 Å². The maximum atomic E-state index is 11.9. The molecule has 0 aliphatic heterocycles. The number of rotatable bonds is 5. The molecule has 0 saturated heterocycles. The van der Waals surface area contributed by atoms with Crippen molar-refractivity contribution >= 4 is 5.91 Å². The highest BCUT2D eigenvalue weighted by molar-refractivity contribution is 5.92. The number of aromatic nitrogens is 1. The number of nitrogens with one attached hydrogen (secondary N) is 1. The molecule has 0 fully saturated rings. The van der Waals surface area contributed by atoms with Crippen molar-refractivity contribution in [2.24, 2.45) is 0 Å². The lowest BCUT2D eigenvalue weighted by molar-refractivity contribution is 0.0937. The third kappa shape index (κ3) is 4.09. The zero-order valence-electron chi connectivity index (χ0n) is 11.7. The highest BCUT2D eigenvalue weighted by Gasteiger charge is 2.09. The number of hydrogen-bond donors (Lipinski definition) is 1. The molecule has 2 rings (SSSR count). The highest BCUT2D eigenvalue weighted by Crippen LogP contribution is 2.10. The average molecular weight is 270 g/mol. The highest BCUT2D eigenvalue weighted by atomic mass is 16.5. The first kappa shape index (κ1) is 14.1. The molecule has 4 heteroatoms. The number of carbonyl (C=O) groups excluding carboxylic acids is 1. The monoisotopic (exact) mass is 270 g/mol. The summed E-state index contributed by atoms with van der Waals surface area (Å²) in [6, 6.07) is 15.1. The normalized spacial score (nSPS) is 10.3. The Morgan fingerprint density at radius 3 is 2.60 bits per heavy atom. The molecule has 20 heavy (non-hydrogen) atoms. The van der Waals surface area contributed by atoms with Gasteiger partial charge in [0, 0.05) is 12.1 Å². The van der Waals surface area contributed by atoms with Crippen LogP contribution < -0.4 is 10.1 Å². The molecule has 1 amide bonds. The van der Waals surface area contributed by atoms with Gasteiger partial charge in [-0.1, -0.05) is 36.4 Å². The fourth-order valence-electron chi connectivity index (χ4n) is 1.69. The van der Waals surface area contributed by atoms with E-state index < -0.39 is 0 Å². The predicted molar refractivity (Wildman–Crippen MR) is 77.6 cm³/mol. The molecule has 4 nitrogen and oxygen atoms in total. The number of amides is 1. The Morgan fingerprint density at radius 2 is 1.90 bits per heavy atom. The summed E-state index contributed by atoms with van der Waals surface area (Å²) in [5, 5.41) is 2.80. The molecule has 104 valence electrons. The number of ether oxygens (including phenoxy) is 1. The molecule has 1 N–H and O–H groups in total. The van der Waals surface area contributed by atoms with Gasteiger partial charge in [-0.2, -0.15) is 0 Å². The van der Waals surface area contributed by atoms with E-state index in [0.717, 1.165) is 5.56 Å². The molecule has 0 aliphatic carbocycles. The van der Waals surface area contributed by atoms with Crippen molar-refractivity contribution in [2.75, 3.05) is 0 Å². The summed E-state index contributed by atoms with van der Waals surface area (Å²) in [6.45, 7) is 4.25. The van der Waals surface area contributed by atoms with Crippen LogP contribution in [-0.4, -0.2) is 16.9 Å². The number of nitrogens with zero attached hydrogens (tertiary/aromatic N) is 1. The second-order valence-electron chi connectivity index (χ2n) is 4.76. The van der Waals surface area contributed by atoms with E-state index in [4.69, 9.17) is 4.74 Å². The summed E-state index contributed by atoms with van der Waals surface area (Å²) < 4.78 is 5.60. The fourth-order valence-corrected chi connectivity index (χ4v) is 1.69. The molecule has 0 saturated carbocycles. The van der Waals surface area contributed by atoms with Gasteiger partial charge in [-0.15, -0.1) is 0 Å². The molecule has 1 aromatic heterocycles. The van der Waals surface area contributed by atoms with E-state index in [-0.39, 0.29) is 11.9 Å². The maximum Gasteiger partial charge on any atom is 0.270 e. The summed E-state index contributed by atoms with van der Waals surface area (Å²) >= 11 is 0. The summed E-state index contributed by atoms with van der Waals surface area (Å²) in [4.78, 5) is 16.1. The Balaban J connectivity index is 2.01. The van der Waals surface area contributed by atoms with Crippen molar-refractivity contribution in [1.29, 1.82) is 0 Å². The fraction of sp³-hybridized carbons (Fsp3) is 0.250. The number of carbonyl (C=O) groups is 1. The van der Waals surface area contributed by atoms with Gasteiger partial charge in [0.2, 0.25) is 5.88 Å². The van der Waals surface area contributed by atoms with Crippen molar-refractivity contribution < 1.29 is 9.53 Å². The summed E-state index contributed by atoms with van der Waals surface area (Å²) in [5.74, 6) is 0.260. The predicted octanol–water partition coefficient (Wildman–Crippen LogP) is 2.80. The van der Waals surface area contributed by atoms with E-state index >= 15 is 0 Å². The molecule has 2 aromatic rings. The van der Waals surface area contributed by atoms with Crippen LogP contribution in [0, 0.1) is 0 Å². The standard InChI is InChI=1S/C16H18N2O2/c1-12(2)17-16(19)14-9-6-10-15(18-14)20-11-13-7-4-3-5-8-13/h3-10,12H,11H2,1-2H3,(H,17,19). The SMILES string of the molecule is CC(C)NC(=O)c1cccc(OCc2ccccc2)n1. The zero-order chi connectivity index (χ0) is 14.4. The van der Waals surface area contributed by atoms with Gasteiger partial charge in [0.05, 0.1) is 0 Å². The first-order valence-corrected chi connectivity index (χ1v) is 6.60. The van der Waals surface area contributed by atoms with Gasteiger partial charge in [0.15, 0.2) is 0 Å². The molecule has 0 unspecified atom stereocenters. The van der Waals surface area contributed by atoms with Crippen molar-refractivity contribution in [3.63, 3.8) is 0 Å². The van der Waals surface area contributed by atoms with Crippen LogP contribution >= 0.6 is 0 Å². The largest absolute Gasteiger partial charge is 0.473 e. The van der Waals surface area contributed by atoms with E-state index in [9.17, 15) is 4.79 Å². The Morgan fingerprint density at radius 1 is 1.15 bits per heavy atom. The quantitative estimate of drug-likeness (QED) is 0.909. The van der Waals surface area contributed by atoms with Crippen LogP contribution in [0.1, 0.15) is 29.9 Å². The molecule has 0 radical (unpaired) electrons. The summed E-state index contributed by atoms with van der Waals surface area (Å²) in [6.07, 6.45) is 0. The molecule has 0 spiro atoms. The summed E-state index contributed by atoms with van der Waals surface area (Å²) in [7, 11) is 0. The van der Waals surface area contributed by atoms with Crippen molar-refractivity contribution in [3.05, 3.63) is 59.8 Å². The molecule has 0 aliphatic rings.